The third kappa shape index (κ3) is 1.87. The molecule has 0 aliphatic heterocycles. The van der Waals surface area contributed by atoms with Gasteiger partial charge in [0.05, 0.1) is 22.0 Å². The highest BCUT2D eigenvalue weighted by Crippen LogP contribution is 2.32. The third-order valence-corrected chi connectivity index (χ3v) is 4.54. The number of hydrogen-bond acceptors (Lipinski definition) is 4. The van der Waals surface area contributed by atoms with Gasteiger partial charge < -0.3 is 9.72 Å². The van der Waals surface area contributed by atoms with Gasteiger partial charge in [0.2, 0.25) is 0 Å². The van der Waals surface area contributed by atoms with Gasteiger partial charge in [-0.1, -0.05) is 12.1 Å². The summed E-state index contributed by atoms with van der Waals surface area (Å²) >= 11 is 4.75. The van der Waals surface area contributed by atoms with Gasteiger partial charge in [-0.15, -0.1) is 11.3 Å². The van der Waals surface area contributed by atoms with Gasteiger partial charge in [-0.25, -0.2) is 4.79 Å². The number of benzene rings is 1. The topological polar surface area (TPSA) is 59.2 Å². The number of para-hydroxylation sites is 1. The van der Waals surface area contributed by atoms with Crippen molar-refractivity contribution in [2.75, 3.05) is 7.11 Å². The van der Waals surface area contributed by atoms with Crippen LogP contribution in [0.4, 0.5) is 0 Å². The molecule has 0 unspecified atom stereocenters. The van der Waals surface area contributed by atoms with E-state index in [1.54, 1.807) is 12.1 Å². The molecule has 0 radical (unpaired) electrons. The van der Waals surface area contributed by atoms with Gasteiger partial charge in [-0.05, 0) is 28.1 Å². The molecule has 0 atom stereocenters. The summed E-state index contributed by atoms with van der Waals surface area (Å²) in [4.78, 5) is 26.5. The molecule has 1 N–H and O–H groups in total. The number of nitrogens with one attached hydrogen (secondary N) is 1. The van der Waals surface area contributed by atoms with Crippen LogP contribution in [0.2, 0.25) is 0 Å². The van der Waals surface area contributed by atoms with Crippen LogP contribution in [0.5, 0.6) is 0 Å². The Morgan fingerprint density at radius 3 is 2.89 bits per heavy atom. The molecule has 0 saturated heterocycles. The summed E-state index contributed by atoms with van der Waals surface area (Å²) in [5, 5.41) is 1.67. The fourth-order valence-corrected chi connectivity index (χ4v) is 3.60. The summed E-state index contributed by atoms with van der Waals surface area (Å²) in [6.07, 6.45) is 0. The average Bonchev–Trinajstić information content (AvgIpc) is 2.80. The van der Waals surface area contributed by atoms with Gasteiger partial charge in [0.1, 0.15) is 4.70 Å². The first-order chi connectivity index (χ1) is 9.11. The van der Waals surface area contributed by atoms with E-state index in [2.05, 4.69) is 20.9 Å². The van der Waals surface area contributed by atoms with Crippen LogP contribution in [-0.2, 0) is 4.74 Å². The van der Waals surface area contributed by atoms with Crippen molar-refractivity contribution in [3.05, 3.63) is 44.0 Å². The summed E-state index contributed by atoms with van der Waals surface area (Å²) < 4.78 is 6.25. The largest absolute Gasteiger partial charge is 0.465 e. The molecule has 2 heterocycles. The van der Waals surface area contributed by atoms with E-state index in [0.29, 0.717) is 15.8 Å². The first-order valence-electron chi connectivity index (χ1n) is 5.44. The number of carbonyl (C=O) groups excluding carboxylic acids is 1. The van der Waals surface area contributed by atoms with E-state index in [1.807, 2.05) is 12.1 Å². The summed E-state index contributed by atoms with van der Waals surface area (Å²) in [5.74, 6) is -0.463. The lowest BCUT2D eigenvalue weighted by molar-refractivity contribution is 0.0603. The zero-order chi connectivity index (χ0) is 13.6. The number of esters is 1. The van der Waals surface area contributed by atoms with Crippen LogP contribution >= 0.6 is 27.3 Å². The Morgan fingerprint density at radius 2 is 2.16 bits per heavy atom. The number of H-pyrrole nitrogens is 1. The second-order valence-corrected chi connectivity index (χ2v) is 6.40. The molecule has 0 spiro atoms. The number of aromatic nitrogens is 1. The van der Waals surface area contributed by atoms with Gasteiger partial charge in [-0.3, -0.25) is 4.79 Å². The van der Waals surface area contributed by atoms with Crippen LogP contribution in [-0.4, -0.2) is 18.1 Å². The maximum atomic E-state index is 12.1. The van der Waals surface area contributed by atoms with Crippen molar-refractivity contribution in [2.24, 2.45) is 0 Å². The van der Waals surface area contributed by atoms with E-state index in [9.17, 15) is 9.59 Å². The molecule has 96 valence electrons. The molecule has 0 saturated carbocycles. The Labute approximate surface area is 120 Å². The highest BCUT2D eigenvalue weighted by atomic mass is 79.9. The lowest BCUT2D eigenvalue weighted by Gasteiger charge is -2.05. The van der Waals surface area contributed by atoms with Crippen LogP contribution in [0, 0.1) is 0 Å². The van der Waals surface area contributed by atoms with Crippen LogP contribution in [0.3, 0.4) is 0 Å². The van der Waals surface area contributed by atoms with Crippen LogP contribution < -0.4 is 5.56 Å². The van der Waals surface area contributed by atoms with Gasteiger partial charge in [0, 0.05) is 10.8 Å². The number of thiophene rings is 1. The highest BCUT2D eigenvalue weighted by molar-refractivity contribution is 9.11. The number of hydrogen-bond donors (Lipinski definition) is 1. The van der Waals surface area contributed by atoms with Crippen molar-refractivity contribution in [3.63, 3.8) is 0 Å². The Morgan fingerprint density at radius 1 is 1.37 bits per heavy atom. The number of rotatable bonds is 1. The molecule has 0 bridgehead atoms. The molecular weight excluding hydrogens is 330 g/mol. The van der Waals surface area contributed by atoms with Crippen molar-refractivity contribution < 1.29 is 9.53 Å². The second-order valence-electron chi connectivity index (χ2n) is 3.97. The minimum Gasteiger partial charge on any atom is -0.465 e. The number of methoxy groups -OCH3 is 1. The maximum absolute atomic E-state index is 12.1. The standard InChI is InChI=1S/C13H8BrNO3S/c1-18-13(17)7-4-2-3-6-8-5-9(14)19-11(8)12(16)15-10(6)7/h2-5H,1H3,(H,15,16). The van der Waals surface area contributed by atoms with E-state index in [-0.39, 0.29) is 5.56 Å². The Bertz CT molecular complexity index is 865. The minimum absolute atomic E-state index is 0.199. The van der Waals surface area contributed by atoms with Gasteiger partial charge >= 0.3 is 5.97 Å². The molecule has 3 rings (SSSR count). The number of carbonyl (C=O) groups is 1. The molecule has 0 aliphatic rings. The molecule has 0 fully saturated rings. The summed E-state index contributed by atoms with van der Waals surface area (Å²) in [6, 6.07) is 7.17. The van der Waals surface area contributed by atoms with Crippen molar-refractivity contribution >= 4 is 54.2 Å². The normalized spacial score (nSPS) is 11.1. The second kappa shape index (κ2) is 4.47. The average molecular weight is 338 g/mol. The van der Waals surface area contributed by atoms with E-state index < -0.39 is 5.97 Å². The molecular formula is C13H8BrNO3S. The summed E-state index contributed by atoms with van der Waals surface area (Å²) in [6.45, 7) is 0. The van der Waals surface area contributed by atoms with E-state index >= 15 is 0 Å². The quantitative estimate of drug-likeness (QED) is 0.693. The zero-order valence-corrected chi connectivity index (χ0v) is 12.2. The van der Waals surface area contributed by atoms with E-state index in [1.165, 1.54) is 18.4 Å². The van der Waals surface area contributed by atoms with E-state index in [0.717, 1.165) is 14.6 Å². The Hall–Kier alpha value is -1.66. The zero-order valence-electron chi connectivity index (χ0n) is 9.82. The number of halogens is 1. The number of ether oxygens (including phenoxy) is 1. The van der Waals surface area contributed by atoms with Crippen LogP contribution in [0.1, 0.15) is 10.4 Å². The number of pyridine rings is 1. The minimum atomic E-state index is -0.463. The number of aromatic amines is 1. The first-order valence-corrected chi connectivity index (χ1v) is 7.05. The molecule has 0 aliphatic carbocycles. The molecule has 4 nitrogen and oxygen atoms in total. The van der Waals surface area contributed by atoms with Crippen LogP contribution in [0.25, 0.3) is 21.0 Å². The third-order valence-electron chi connectivity index (χ3n) is 2.91. The van der Waals surface area contributed by atoms with Gasteiger partial charge in [-0.2, -0.15) is 0 Å². The van der Waals surface area contributed by atoms with Gasteiger partial charge in [0.15, 0.2) is 0 Å². The molecule has 1 aromatic carbocycles. The Kier molecular flexibility index (Phi) is 2.91. The molecule has 0 amide bonds. The molecule has 6 heteroatoms. The predicted molar refractivity (Wildman–Crippen MR) is 79.0 cm³/mol. The van der Waals surface area contributed by atoms with Crippen molar-refractivity contribution in [2.45, 2.75) is 0 Å². The van der Waals surface area contributed by atoms with Crippen molar-refractivity contribution in [1.82, 2.24) is 4.98 Å². The lowest BCUT2D eigenvalue weighted by Crippen LogP contribution is -2.09. The fourth-order valence-electron chi connectivity index (χ4n) is 2.09. The van der Waals surface area contributed by atoms with Crippen molar-refractivity contribution in [1.29, 1.82) is 0 Å². The Balaban J connectivity index is 2.52. The highest BCUT2D eigenvalue weighted by Gasteiger charge is 2.15. The maximum Gasteiger partial charge on any atom is 0.339 e. The predicted octanol–water partition coefficient (Wildman–Crippen LogP) is 3.29. The summed E-state index contributed by atoms with van der Waals surface area (Å²) in [7, 11) is 1.32. The lowest BCUT2D eigenvalue weighted by atomic mass is 10.1. The molecule has 19 heavy (non-hydrogen) atoms. The summed E-state index contributed by atoms with van der Waals surface area (Å²) in [5.41, 5.74) is 0.674. The first kappa shape index (κ1) is 12.4. The van der Waals surface area contributed by atoms with Crippen LogP contribution in [0.15, 0.2) is 32.8 Å². The van der Waals surface area contributed by atoms with Gasteiger partial charge in [0.25, 0.3) is 5.56 Å². The molecule has 3 aromatic rings. The fraction of sp³-hybridized carbons (Fsp3) is 0.0769. The molecule has 2 aromatic heterocycles. The monoisotopic (exact) mass is 337 g/mol. The van der Waals surface area contributed by atoms with Crippen molar-refractivity contribution in [3.8, 4) is 0 Å². The smallest absolute Gasteiger partial charge is 0.339 e. The SMILES string of the molecule is COC(=O)c1cccc2c1[nH]c(=O)c1sc(Br)cc12. The number of fused-ring (bicyclic) bond motifs is 3. The van der Waals surface area contributed by atoms with E-state index in [4.69, 9.17) is 4.74 Å².